The summed E-state index contributed by atoms with van der Waals surface area (Å²) < 4.78 is 23.9. The maximum absolute atomic E-state index is 13.1. The molecule has 0 fully saturated rings. The molecule has 0 radical (unpaired) electrons. The number of amides is 1. The summed E-state index contributed by atoms with van der Waals surface area (Å²) in [7, 11) is 1.62. The van der Waals surface area contributed by atoms with Gasteiger partial charge in [0.05, 0.1) is 39.9 Å². The Morgan fingerprint density at radius 2 is 0.769 bits per heavy atom. The first-order chi connectivity index (χ1) is 38.0. The topological polar surface area (TPSA) is 105 Å². The molecule has 0 aromatic heterocycles. The fraction of sp³-hybridized carbons (Fsp3) is 0.812. The van der Waals surface area contributed by atoms with E-state index in [1.54, 1.807) is 0 Å². The lowest BCUT2D eigenvalue weighted by Gasteiger charge is -2.26. The number of hydrogen-bond acceptors (Lipinski definition) is 5. The number of phosphoric ester groups is 1. The van der Waals surface area contributed by atoms with Crippen molar-refractivity contribution < 1.29 is 32.9 Å². The van der Waals surface area contributed by atoms with Crippen LogP contribution in [0.2, 0.25) is 0 Å². The maximum atomic E-state index is 13.1. The highest BCUT2D eigenvalue weighted by Gasteiger charge is 2.28. The smallest absolute Gasteiger partial charge is 0.391 e. The molecule has 0 saturated carbocycles. The van der Waals surface area contributed by atoms with Crippen LogP contribution in [0.5, 0.6) is 0 Å². The highest BCUT2D eigenvalue weighted by atomic mass is 31.2. The van der Waals surface area contributed by atoms with Crippen LogP contribution in [-0.4, -0.2) is 73.4 Å². The van der Waals surface area contributed by atoms with Crippen LogP contribution in [0.4, 0.5) is 0 Å². The van der Waals surface area contributed by atoms with Crippen LogP contribution in [0.3, 0.4) is 0 Å². The van der Waals surface area contributed by atoms with E-state index >= 15 is 0 Å². The summed E-state index contributed by atoms with van der Waals surface area (Å²) in [6.07, 6.45) is 82.7. The maximum Gasteiger partial charge on any atom is 0.472 e. The Bertz CT molecular complexity index is 1500. The molecule has 3 N–H and O–H groups in total. The average Bonchev–Trinajstić information content (AvgIpc) is 3.41. The Hall–Kier alpha value is -2.06. The molecule has 0 aromatic rings. The first-order valence-corrected chi connectivity index (χ1v) is 34.8. The summed E-state index contributed by atoms with van der Waals surface area (Å²) in [5, 5.41) is 14.1. The molecule has 0 aliphatic heterocycles. The van der Waals surface area contributed by atoms with Crippen molar-refractivity contribution in [1.82, 2.24) is 5.32 Å². The van der Waals surface area contributed by atoms with Crippen molar-refractivity contribution >= 4 is 13.7 Å². The zero-order valence-corrected chi connectivity index (χ0v) is 53.0. The molecule has 3 unspecified atom stereocenters. The van der Waals surface area contributed by atoms with Crippen molar-refractivity contribution in [3.63, 3.8) is 0 Å². The molecule has 0 bridgehead atoms. The summed E-state index contributed by atoms with van der Waals surface area (Å²) >= 11 is 0. The minimum absolute atomic E-state index is 0.0742. The third-order valence-electron chi connectivity index (χ3n) is 15.0. The number of quaternary nitrogens is 1. The first kappa shape index (κ1) is 75.9. The quantitative estimate of drug-likeness (QED) is 0.0243. The largest absolute Gasteiger partial charge is 0.472 e. The second-order valence-corrected chi connectivity index (χ2v) is 25.3. The molecule has 0 aliphatic carbocycles. The van der Waals surface area contributed by atoms with Crippen molar-refractivity contribution in [1.29, 1.82) is 0 Å². The third kappa shape index (κ3) is 61.6. The number of allylic oxidation sites excluding steroid dienone is 12. The molecule has 0 rings (SSSR count). The molecule has 9 heteroatoms. The number of aliphatic hydroxyl groups excluding tert-OH is 1. The van der Waals surface area contributed by atoms with Gasteiger partial charge in [-0.05, 0) is 64.2 Å². The number of carbonyl (C=O) groups excluding carboxylic acids is 1. The molecule has 0 saturated heterocycles. The van der Waals surface area contributed by atoms with Crippen molar-refractivity contribution in [3.8, 4) is 0 Å². The summed E-state index contributed by atoms with van der Waals surface area (Å²) in [5.41, 5.74) is 0. The molecule has 0 aromatic carbocycles. The normalized spacial score (nSPS) is 14.2. The molecular formula is C69H130N2O6P+. The number of nitrogens with zero attached hydrogens (tertiary/aromatic N) is 1. The van der Waals surface area contributed by atoms with E-state index in [0.29, 0.717) is 23.9 Å². The SMILES string of the molecule is CC/C=C\C/C=C\C/C=C\C/C=C\C/C=C\C/C=C\CCCCCCCCCCCCCCCCCCC(=O)NC(COP(=O)(O)OCC[N+](C)(C)C)C(O)CCCCCCCCCCCCCCCCCCCCCCC. The molecular weight excluding hydrogens is 984 g/mol. The lowest BCUT2D eigenvalue weighted by atomic mass is 10.0. The number of phosphoric acid groups is 1. The molecule has 1 amide bonds. The van der Waals surface area contributed by atoms with E-state index in [9.17, 15) is 19.4 Å². The van der Waals surface area contributed by atoms with Gasteiger partial charge in [-0.2, -0.15) is 0 Å². The highest BCUT2D eigenvalue weighted by Crippen LogP contribution is 2.43. The van der Waals surface area contributed by atoms with E-state index < -0.39 is 20.0 Å². The standard InChI is InChI=1S/C69H129N2O6P/c1-6-8-10-12-14-16-18-20-22-24-26-28-29-30-31-32-33-34-35-36-37-38-39-40-41-43-45-47-49-51-53-55-57-59-61-63-69(73)70-67(66-77-78(74,75)76-65-64-71(3,4)5)68(72)62-60-58-56-54-52-50-48-46-44-42-27-25-23-21-19-17-15-13-11-9-7-2/h8,10,14,16,20,22,26,28,30-31,33-34,67-68,72H,6-7,9,11-13,15,17-19,21,23-25,27,29,32,35-66H2,1-5H3,(H-,70,73,74,75)/p+1/b10-8-,16-14-,22-20-,28-26-,31-30-,34-33-. The molecule has 0 aliphatic rings. The van der Waals surface area contributed by atoms with Crippen molar-refractivity contribution in [2.75, 3.05) is 40.9 Å². The fourth-order valence-corrected chi connectivity index (χ4v) is 10.6. The van der Waals surface area contributed by atoms with Crippen LogP contribution in [0.1, 0.15) is 309 Å². The van der Waals surface area contributed by atoms with Gasteiger partial charge in [0.15, 0.2) is 0 Å². The number of unbranched alkanes of at least 4 members (excludes halogenated alkanes) is 36. The number of likely N-dealkylation sites (N-methyl/N-ethyl adjacent to an activating group) is 1. The van der Waals surface area contributed by atoms with Crippen LogP contribution >= 0.6 is 7.82 Å². The Morgan fingerprint density at radius 3 is 1.13 bits per heavy atom. The predicted molar refractivity (Wildman–Crippen MR) is 341 cm³/mol. The predicted octanol–water partition coefficient (Wildman–Crippen LogP) is 21.0. The number of hydrogen-bond donors (Lipinski definition) is 3. The minimum atomic E-state index is -4.33. The highest BCUT2D eigenvalue weighted by molar-refractivity contribution is 7.47. The van der Waals surface area contributed by atoms with Crippen LogP contribution in [0, 0.1) is 0 Å². The average molecular weight is 1110 g/mol. The van der Waals surface area contributed by atoms with E-state index in [2.05, 4.69) is 92.1 Å². The molecule has 0 spiro atoms. The van der Waals surface area contributed by atoms with Crippen LogP contribution < -0.4 is 5.32 Å². The zero-order valence-electron chi connectivity index (χ0n) is 52.2. The first-order valence-electron chi connectivity index (χ1n) is 33.3. The fourth-order valence-electron chi connectivity index (χ4n) is 9.82. The molecule has 3 atom stereocenters. The van der Waals surface area contributed by atoms with E-state index in [4.69, 9.17) is 9.05 Å². The zero-order chi connectivity index (χ0) is 57.0. The van der Waals surface area contributed by atoms with E-state index in [1.165, 1.54) is 205 Å². The van der Waals surface area contributed by atoms with Gasteiger partial charge in [0, 0.05) is 6.42 Å². The van der Waals surface area contributed by atoms with Gasteiger partial charge >= 0.3 is 7.82 Å². The van der Waals surface area contributed by atoms with Gasteiger partial charge in [0.2, 0.25) is 5.91 Å². The number of rotatable bonds is 61. The second kappa shape index (κ2) is 59.6. The van der Waals surface area contributed by atoms with Gasteiger partial charge in [0.25, 0.3) is 0 Å². The van der Waals surface area contributed by atoms with Crippen LogP contribution in [0.15, 0.2) is 72.9 Å². The van der Waals surface area contributed by atoms with Crippen LogP contribution in [0.25, 0.3) is 0 Å². The summed E-state index contributed by atoms with van der Waals surface area (Å²) in [6.45, 7) is 4.81. The minimum Gasteiger partial charge on any atom is -0.391 e. The Kier molecular flexibility index (Phi) is 58.0. The lowest BCUT2D eigenvalue weighted by Crippen LogP contribution is -2.46. The number of nitrogens with one attached hydrogen (secondary N) is 1. The molecule has 0 heterocycles. The van der Waals surface area contributed by atoms with Crippen molar-refractivity contribution in [2.45, 2.75) is 321 Å². The van der Waals surface area contributed by atoms with E-state index in [1.807, 2.05) is 21.1 Å². The van der Waals surface area contributed by atoms with Crippen LogP contribution in [-0.2, 0) is 18.4 Å². The Labute approximate surface area is 484 Å². The summed E-state index contributed by atoms with van der Waals surface area (Å²) in [4.78, 5) is 23.4. The number of aliphatic hydroxyl groups is 1. The summed E-state index contributed by atoms with van der Waals surface area (Å²) in [5.74, 6) is -0.142. The van der Waals surface area contributed by atoms with Gasteiger partial charge < -0.3 is 19.8 Å². The third-order valence-corrected chi connectivity index (χ3v) is 16.0. The van der Waals surface area contributed by atoms with Gasteiger partial charge in [-0.3, -0.25) is 13.8 Å². The lowest BCUT2D eigenvalue weighted by molar-refractivity contribution is -0.870. The molecule has 8 nitrogen and oxygen atoms in total. The van der Waals surface area contributed by atoms with Crippen molar-refractivity contribution in [2.24, 2.45) is 0 Å². The van der Waals surface area contributed by atoms with E-state index in [0.717, 1.165) is 77.0 Å². The Morgan fingerprint density at radius 1 is 0.449 bits per heavy atom. The second-order valence-electron chi connectivity index (χ2n) is 23.8. The summed E-state index contributed by atoms with van der Waals surface area (Å²) in [6, 6.07) is -0.764. The van der Waals surface area contributed by atoms with Gasteiger partial charge in [-0.25, -0.2) is 4.57 Å². The van der Waals surface area contributed by atoms with Crippen molar-refractivity contribution in [3.05, 3.63) is 72.9 Å². The van der Waals surface area contributed by atoms with Gasteiger partial charge in [-0.1, -0.05) is 311 Å². The van der Waals surface area contributed by atoms with E-state index in [-0.39, 0.29) is 19.1 Å². The molecule has 456 valence electrons. The monoisotopic (exact) mass is 1110 g/mol. The van der Waals surface area contributed by atoms with Gasteiger partial charge in [0.1, 0.15) is 13.2 Å². The van der Waals surface area contributed by atoms with Gasteiger partial charge in [-0.15, -0.1) is 0 Å². The Balaban J connectivity index is 4.03. The number of carbonyl (C=O) groups is 1. The molecule has 78 heavy (non-hydrogen) atoms.